The zero-order valence-corrected chi connectivity index (χ0v) is 13.7. The van der Waals surface area contributed by atoms with Crippen molar-refractivity contribution in [2.75, 3.05) is 5.32 Å². The molecule has 22 heavy (non-hydrogen) atoms. The van der Waals surface area contributed by atoms with Crippen LogP contribution in [0.25, 0.3) is 0 Å². The van der Waals surface area contributed by atoms with Crippen molar-refractivity contribution in [2.45, 2.75) is 44.8 Å². The van der Waals surface area contributed by atoms with Gasteiger partial charge >= 0.3 is 0 Å². The van der Waals surface area contributed by atoms with Crippen LogP contribution in [0.15, 0.2) is 24.3 Å². The highest BCUT2D eigenvalue weighted by atomic mass is 32.2. The van der Waals surface area contributed by atoms with Gasteiger partial charge in [-0.25, -0.2) is 13.6 Å². The fourth-order valence-electron chi connectivity index (χ4n) is 3.04. The van der Waals surface area contributed by atoms with Crippen molar-refractivity contribution in [3.8, 4) is 0 Å². The molecule has 1 aromatic rings. The lowest BCUT2D eigenvalue weighted by molar-refractivity contribution is -0.119. The Morgan fingerprint density at radius 3 is 2.41 bits per heavy atom. The Kier molecular flexibility index (Phi) is 5.58. The maximum absolute atomic E-state index is 12.2. The van der Waals surface area contributed by atoms with Crippen LogP contribution in [0, 0.1) is 11.8 Å². The summed E-state index contributed by atoms with van der Waals surface area (Å²) < 4.78 is 22.1. The maximum atomic E-state index is 12.2. The number of amides is 1. The van der Waals surface area contributed by atoms with Crippen LogP contribution in [0.3, 0.4) is 0 Å². The normalized spacial score (nSPS) is 17.4. The molecule has 5 nitrogen and oxygen atoms in total. The van der Waals surface area contributed by atoms with E-state index in [0.29, 0.717) is 17.2 Å². The van der Waals surface area contributed by atoms with Gasteiger partial charge in [0.2, 0.25) is 15.9 Å². The lowest BCUT2D eigenvalue weighted by Crippen LogP contribution is -2.22. The zero-order valence-electron chi connectivity index (χ0n) is 12.9. The van der Waals surface area contributed by atoms with E-state index >= 15 is 0 Å². The van der Waals surface area contributed by atoms with Crippen molar-refractivity contribution in [3.63, 3.8) is 0 Å². The molecular formula is C16H24N2O3S. The number of hydrogen-bond donors (Lipinski definition) is 2. The lowest BCUT2D eigenvalue weighted by Gasteiger charge is -2.16. The highest BCUT2D eigenvalue weighted by Crippen LogP contribution is 2.30. The Bertz CT molecular complexity index is 605. The van der Waals surface area contributed by atoms with E-state index in [1.807, 2.05) is 6.92 Å². The molecular weight excluding hydrogens is 300 g/mol. The van der Waals surface area contributed by atoms with Crippen molar-refractivity contribution in [1.29, 1.82) is 0 Å². The summed E-state index contributed by atoms with van der Waals surface area (Å²) in [6.45, 7) is 1.96. The Labute approximate surface area is 132 Å². The Balaban J connectivity index is 1.88. The summed E-state index contributed by atoms with van der Waals surface area (Å²) in [5.74, 6) is 0.496. The van der Waals surface area contributed by atoms with Crippen LogP contribution in [0.2, 0.25) is 0 Å². The van der Waals surface area contributed by atoms with Gasteiger partial charge in [-0.3, -0.25) is 4.79 Å². The van der Waals surface area contributed by atoms with Gasteiger partial charge in [0.1, 0.15) is 0 Å². The third-order valence-corrected chi connectivity index (χ3v) is 4.93. The van der Waals surface area contributed by atoms with Crippen molar-refractivity contribution >= 4 is 21.6 Å². The molecule has 0 aliphatic heterocycles. The van der Waals surface area contributed by atoms with Gasteiger partial charge in [0, 0.05) is 11.6 Å². The first kappa shape index (κ1) is 17.0. The molecule has 1 amide bonds. The average Bonchev–Trinajstić information content (AvgIpc) is 2.92. The second kappa shape index (κ2) is 7.24. The number of primary sulfonamides is 1. The monoisotopic (exact) mass is 324 g/mol. The van der Waals surface area contributed by atoms with Gasteiger partial charge in [-0.1, -0.05) is 44.7 Å². The van der Waals surface area contributed by atoms with Crippen LogP contribution < -0.4 is 10.5 Å². The molecule has 6 heteroatoms. The van der Waals surface area contributed by atoms with Gasteiger partial charge in [0.15, 0.2) is 0 Å². The standard InChI is InChI=1S/C16H24N2O3S/c1-12(10-13-4-2-3-5-13)16(19)18-15-8-6-14(7-9-15)11-22(17,20)21/h6-9,12-13H,2-5,10-11H2,1H3,(H,18,19)(H2,17,20,21)/t12-/m1/s1. The highest BCUT2D eigenvalue weighted by molar-refractivity contribution is 7.88. The summed E-state index contributed by atoms with van der Waals surface area (Å²) in [5, 5.41) is 7.89. The minimum absolute atomic E-state index is 0.00723. The zero-order chi connectivity index (χ0) is 16.2. The Morgan fingerprint density at radius 2 is 1.86 bits per heavy atom. The molecule has 1 saturated carbocycles. The predicted molar refractivity (Wildman–Crippen MR) is 87.6 cm³/mol. The summed E-state index contributed by atoms with van der Waals surface area (Å²) in [4.78, 5) is 12.2. The van der Waals surface area contributed by atoms with Gasteiger partial charge in [0.25, 0.3) is 0 Å². The molecule has 1 aromatic carbocycles. The number of carbonyl (C=O) groups is 1. The number of rotatable bonds is 6. The van der Waals surface area contributed by atoms with E-state index < -0.39 is 10.0 Å². The quantitative estimate of drug-likeness (QED) is 0.843. The van der Waals surface area contributed by atoms with Crippen LogP contribution >= 0.6 is 0 Å². The first-order valence-corrected chi connectivity index (χ1v) is 9.45. The maximum Gasteiger partial charge on any atom is 0.227 e. The Morgan fingerprint density at radius 1 is 1.27 bits per heavy atom. The molecule has 0 radical (unpaired) electrons. The van der Waals surface area contributed by atoms with Gasteiger partial charge in [-0.15, -0.1) is 0 Å². The molecule has 0 spiro atoms. The minimum Gasteiger partial charge on any atom is -0.326 e. The first-order valence-electron chi connectivity index (χ1n) is 7.74. The van der Waals surface area contributed by atoms with E-state index in [9.17, 15) is 13.2 Å². The van der Waals surface area contributed by atoms with Crippen LogP contribution in [-0.2, 0) is 20.6 Å². The van der Waals surface area contributed by atoms with Crippen LogP contribution in [0.5, 0.6) is 0 Å². The minimum atomic E-state index is -3.53. The van der Waals surface area contributed by atoms with Gasteiger partial charge in [0.05, 0.1) is 5.75 Å². The molecule has 0 heterocycles. The smallest absolute Gasteiger partial charge is 0.227 e. The highest BCUT2D eigenvalue weighted by Gasteiger charge is 2.21. The SMILES string of the molecule is C[C@H](CC1CCCC1)C(=O)Nc1ccc(CS(N)(=O)=O)cc1. The van der Waals surface area contributed by atoms with Gasteiger partial charge in [-0.05, 0) is 30.0 Å². The van der Waals surface area contributed by atoms with Crippen LogP contribution in [0.1, 0.15) is 44.6 Å². The predicted octanol–water partition coefficient (Wildman–Crippen LogP) is 2.63. The molecule has 122 valence electrons. The Hall–Kier alpha value is -1.40. The van der Waals surface area contributed by atoms with Crippen molar-refractivity contribution < 1.29 is 13.2 Å². The third kappa shape index (κ3) is 5.42. The van der Waals surface area contributed by atoms with E-state index in [1.54, 1.807) is 24.3 Å². The molecule has 0 saturated heterocycles. The second-order valence-corrected chi connectivity index (χ2v) is 7.90. The topological polar surface area (TPSA) is 89.3 Å². The summed E-state index contributed by atoms with van der Waals surface area (Å²) in [7, 11) is -3.53. The molecule has 1 atom stereocenters. The van der Waals surface area contributed by atoms with Crippen molar-refractivity contribution in [2.24, 2.45) is 17.0 Å². The van der Waals surface area contributed by atoms with E-state index in [-0.39, 0.29) is 17.6 Å². The van der Waals surface area contributed by atoms with Crippen molar-refractivity contribution in [1.82, 2.24) is 0 Å². The number of anilines is 1. The lowest BCUT2D eigenvalue weighted by atomic mass is 9.94. The van der Waals surface area contributed by atoms with Crippen LogP contribution in [0.4, 0.5) is 5.69 Å². The van der Waals surface area contributed by atoms with Crippen molar-refractivity contribution in [3.05, 3.63) is 29.8 Å². The fraction of sp³-hybridized carbons (Fsp3) is 0.562. The molecule has 2 rings (SSSR count). The average molecular weight is 324 g/mol. The number of hydrogen-bond acceptors (Lipinski definition) is 3. The molecule has 0 bridgehead atoms. The van der Waals surface area contributed by atoms with E-state index in [1.165, 1.54) is 25.7 Å². The van der Waals surface area contributed by atoms with E-state index in [0.717, 1.165) is 6.42 Å². The van der Waals surface area contributed by atoms with Gasteiger partial charge < -0.3 is 5.32 Å². The molecule has 0 unspecified atom stereocenters. The molecule has 1 fully saturated rings. The number of nitrogens with one attached hydrogen (secondary N) is 1. The summed E-state index contributed by atoms with van der Waals surface area (Å²) in [6.07, 6.45) is 5.98. The second-order valence-electron chi connectivity index (χ2n) is 6.28. The number of nitrogens with two attached hydrogens (primary N) is 1. The molecule has 0 aromatic heterocycles. The van der Waals surface area contributed by atoms with E-state index in [4.69, 9.17) is 5.14 Å². The number of sulfonamides is 1. The first-order chi connectivity index (χ1) is 10.3. The van der Waals surface area contributed by atoms with Crippen LogP contribution in [-0.4, -0.2) is 14.3 Å². The number of carbonyl (C=O) groups excluding carboxylic acids is 1. The number of benzene rings is 1. The summed E-state index contributed by atoms with van der Waals surface area (Å²) >= 11 is 0. The molecule has 1 aliphatic carbocycles. The van der Waals surface area contributed by atoms with E-state index in [2.05, 4.69) is 5.32 Å². The molecule has 1 aliphatic rings. The summed E-state index contributed by atoms with van der Waals surface area (Å²) in [6, 6.07) is 6.75. The molecule has 3 N–H and O–H groups in total. The van der Waals surface area contributed by atoms with Gasteiger partial charge in [-0.2, -0.15) is 0 Å². The largest absolute Gasteiger partial charge is 0.326 e. The third-order valence-electron chi connectivity index (χ3n) is 4.20. The summed E-state index contributed by atoms with van der Waals surface area (Å²) in [5.41, 5.74) is 1.29. The fourth-order valence-corrected chi connectivity index (χ4v) is 3.69.